The Morgan fingerprint density at radius 1 is 1.43 bits per heavy atom. The van der Waals surface area contributed by atoms with E-state index in [4.69, 9.17) is 0 Å². The summed E-state index contributed by atoms with van der Waals surface area (Å²) < 4.78 is 26.5. The summed E-state index contributed by atoms with van der Waals surface area (Å²) in [5.41, 5.74) is 0.329. The van der Waals surface area contributed by atoms with Crippen LogP contribution in [0.3, 0.4) is 0 Å². The lowest BCUT2D eigenvalue weighted by Gasteiger charge is -2.07. The normalized spacial score (nSPS) is 10.9. The van der Waals surface area contributed by atoms with Crippen LogP contribution in [0.25, 0.3) is 0 Å². The highest BCUT2D eigenvalue weighted by molar-refractivity contribution is 7.92. The van der Waals surface area contributed by atoms with E-state index in [1.807, 2.05) is 0 Å². The maximum Gasteiger partial charge on any atom is 0.277 e. The van der Waals surface area contributed by atoms with Gasteiger partial charge in [0.15, 0.2) is 0 Å². The molecule has 21 heavy (non-hydrogen) atoms. The second kappa shape index (κ2) is 5.71. The molecule has 9 nitrogen and oxygen atoms in total. The molecule has 0 unspecified atom stereocenters. The molecule has 0 aliphatic heterocycles. The van der Waals surface area contributed by atoms with Gasteiger partial charge in [0.1, 0.15) is 0 Å². The largest absolute Gasteiger partial charge is 0.322 e. The van der Waals surface area contributed by atoms with Crippen molar-refractivity contribution in [2.75, 3.05) is 10.0 Å². The molecule has 0 aliphatic rings. The van der Waals surface area contributed by atoms with E-state index >= 15 is 0 Å². The Kier molecular flexibility index (Phi) is 3.98. The summed E-state index contributed by atoms with van der Waals surface area (Å²) >= 11 is 0. The summed E-state index contributed by atoms with van der Waals surface area (Å²) in [4.78, 5) is 12.3. The van der Waals surface area contributed by atoms with Crippen LogP contribution >= 0.6 is 0 Å². The van der Waals surface area contributed by atoms with Crippen LogP contribution in [0.5, 0.6) is 0 Å². The second-order valence-corrected chi connectivity index (χ2v) is 5.61. The minimum atomic E-state index is -3.87. The Morgan fingerprint density at radius 3 is 2.81 bits per heavy atom. The molecule has 10 heteroatoms. The summed E-state index contributed by atoms with van der Waals surface area (Å²) in [5, 5.41) is 13.3. The van der Waals surface area contributed by atoms with Crippen molar-refractivity contribution in [3.63, 3.8) is 0 Å². The van der Waals surface area contributed by atoms with Crippen molar-refractivity contribution in [1.29, 1.82) is 0 Å². The Labute approximate surface area is 120 Å². The average molecular weight is 308 g/mol. The molecule has 0 saturated heterocycles. The van der Waals surface area contributed by atoms with Gasteiger partial charge in [-0.1, -0.05) is 17.7 Å². The average Bonchev–Trinajstić information content (AvgIpc) is 2.83. The molecule has 2 rings (SSSR count). The molecular weight excluding hydrogens is 296 g/mol. The zero-order valence-electron chi connectivity index (χ0n) is 11.0. The number of benzene rings is 1. The molecule has 0 spiro atoms. The van der Waals surface area contributed by atoms with E-state index in [2.05, 4.69) is 32.0 Å². The molecule has 0 aliphatic carbocycles. The van der Waals surface area contributed by atoms with Gasteiger partial charge in [-0.15, -0.1) is 5.10 Å². The van der Waals surface area contributed by atoms with Gasteiger partial charge in [-0.05, 0) is 29.5 Å². The van der Waals surface area contributed by atoms with Crippen LogP contribution in [0.4, 0.5) is 11.6 Å². The molecule has 2 aromatic rings. The molecule has 0 atom stereocenters. The van der Waals surface area contributed by atoms with E-state index in [0.717, 1.165) is 10.9 Å². The van der Waals surface area contributed by atoms with Crippen molar-refractivity contribution in [3.05, 3.63) is 36.9 Å². The number of anilines is 2. The number of carbonyl (C=O) groups excluding carboxylic acids is 1. The van der Waals surface area contributed by atoms with Gasteiger partial charge >= 0.3 is 0 Å². The van der Waals surface area contributed by atoms with Crippen LogP contribution in [0.1, 0.15) is 0 Å². The third kappa shape index (κ3) is 3.63. The fourth-order valence-electron chi connectivity index (χ4n) is 1.44. The monoisotopic (exact) mass is 308 g/mol. The lowest BCUT2D eigenvalue weighted by Crippen LogP contribution is -2.15. The van der Waals surface area contributed by atoms with Crippen LogP contribution in [0.15, 0.2) is 41.8 Å². The Balaban J connectivity index is 2.25. The number of carbonyl (C=O) groups is 1. The van der Waals surface area contributed by atoms with Crippen molar-refractivity contribution < 1.29 is 13.2 Å². The number of amides is 1. The molecule has 1 aromatic carbocycles. The highest BCUT2D eigenvalue weighted by Crippen LogP contribution is 2.17. The first-order chi connectivity index (χ1) is 9.90. The van der Waals surface area contributed by atoms with E-state index in [-0.39, 0.29) is 10.8 Å². The van der Waals surface area contributed by atoms with Gasteiger partial charge in [0.2, 0.25) is 5.91 Å². The van der Waals surface area contributed by atoms with Crippen molar-refractivity contribution >= 4 is 27.6 Å². The lowest BCUT2D eigenvalue weighted by molar-refractivity contribution is -0.111. The first-order valence-corrected chi connectivity index (χ1v) is 7.19. The lowest BCUT2D eigenvalue weighted by atomic mass is 10.3. The number of hydrogen-bond donors (Lipinski definition) is 2. The molecule has 1 heterocycles. The minimum Gasteiger partial charge on any atom is -0.322 e. The number of tetrazole rings is 1. The second-order valence-electron chi connectivity index (χ2n) is 3.93. The number of aryl methyl sites for hydroxylation is 1. The van der Waals surface area contributed by atoms with Gasteiger partial charge in [0, 0.05) is 5.69 Å². The summed E-state index contributed by atoms with van der Waals surface area (Å²) in [6.07, 6.45) is 1.09. The Bertz CT molecular complexity index is 783. The minimum absolute atomic E-state index is 0.0446. The first-order valence-electron chi connectivity index (χ1n) is 5.71. The standard InChI is InChI=1S/C11H12N6O3S/c1-3-10(18)12-8-5-4-6-9(7-8)21(19,20)15-11-13-16-17(2)14-11/h3-7H,1H2,2H3,(H,12,18)(H,14,15). The van der Waals surface area contributed by atoms with E-state index < -0.39 is 15.9 Å². The molecule has 1 aromatic heterocycles. The van der Waals surface area contributed by atoms with Crippen molar-refractivity contribution in [2.24, 2.45) is 7.05 Å². The molecular formula is C11H12N6O3S. The van der Waals surface area contributed by atoms with Gasteiger partial charge in [-0.2, -0.15) is 4.80 Å². The van der Waals surface area contributed by atoms with Crippen molar-refractivity contribution in [1.82, 2.24) is 20.2 Å². The first kappa shape index (κ1) is 14.7. The van der Waals surface area contributed by atoms with Gasteiger partial charge in [-0.25, -0.2) is 13.1 Å². The third-order valence-corrected chi connectivity index (χ3v) is 3.66. The Morgan fingerprint density at radius 2 is 2.19 bits per heavy atom. The fourth-order valence-corrected chi connectivity index (χ4v) is 2.42. The topological polar surface area (TPSA) is 119 Å². The van der Waals surface area contributed by atoms with E-state index in [9.17, 15) is 13.2 Å². The molecule has 0 saturated carbocycles. The molecule has 110 valence electrons. The van der Waals surface area contributed by atoms with E-state index in [1.54, 1.807) is 6.07 Å². The number of rotatable bonds is 5. The zero-order chi connectivity index (χ0) is 15.5. The molecule has 0 bridgehead atoms. The molecule has 0 fully saturated rings. The zero-order valence-corrected chi connectivity index (χ0v) is 11.8. The highest BCUT2D eigenvalue weighted by Gasteiger charge is 2.17. The van der Waals surface area contributed by atoms with Crippen LogP contribution in [0, 0.1) is 0 Å². The molecule has 1 amide bonds. The van der Waals surface area contributed by atoms with Gasteiger partial charge < -0.3 is 5.32 Å². The molecule has 0 radical (unpaired) electrons. The predicted octanol–water partition coefficient (Wildman–Crippen LogP) is 0.135. The summed E-state index contributed by atoms with van der Waals surface area (Å²) in [5.74, 6) is -0.578. The van der Waals surface area contributed by atoms with Crippen molar-refractivity contribution in [3.8, 4) is 0 Å². The SMILES string of the molecule is C=CC(=O)Nc1cccc(S(=O)(=O)Nc2nnn(C)n2)c1. The summed E-state index contributed by atoms with van der Waals surface area (Å²) in [6, 6.07) is 5.74. The van der Waals surface area contributed by atoms with E-state index in [1.165, 1.54) is 25.2 Å². The quantitative estimate of drug-likeness (QED) is 0.758. The maximum atomic E-state index is 12.2. The van der Waals surface area contributed by atoms with Gasteiger partial charge in [-0.3, -0.25) is 4.79 Å². The number of nitrogens with one attached hydrogen (secondary N) is 2. The number of hydrogen-bond acceptors (Lipinski definition) is 6. The van der Waals surface area contributed by atoms with Crippen LogP contribution in [-0.4, -0.2) is 34.5 Å². The number of aromatic nitrogens is 4. The summed E-state index contributed by atoms with van der Waals surface area (Å²) in [7, 11) is -2.36. The number of nitrogens with zero attached hydrogens (tertiary/aromatic N) is 4. The van der Waals surface area contributed by atoms with Crippen LogP contribution < -0.4 is 10.0 Å². The predicted molar refractivity (Wildman–Crippen MR) is 74.9 cm³/mol. The molecule has 2 N–H and O–H groups in total. The third-order valence-electron chi connectivity index (χ3n) is 2.33. The van der Waals surface area contributed by atoms with Gasteiger partial charge in [0.25, 0.3) is 16.0 Å². The smallest absolute Gasteiger partial charge is 0.277 e. The van der Waals surface area contributed by atoms with E-state index in [0.29, 0.717) is 5.69 Å². The number of sulfonamides is 1. The Hall–Kier alpha value is -2.75. The van der Waals surface area contributed by atoms with Crippen molar-refractivity contribution in [2.45, 2.75) is 4.90 Å². The maximum absolute atomic E-state index is 12.2. The van der Waals surface area contributed by atoms with Crippen LogP contribution in [0.2, 0.25) is 0 Å². The highest BCUT2D eigenvalue weighted by atomic mass is 32.2. The summed E-state index contributed by atoms with van der Waals surface area (Å²) in [6.45, 7) is 3.32. The van der Waals surface area contributed by atoms with Crippen LogP contribution in [-0.2, 0) is 21.9 Å². The fraction of sp³-hybridized carbons (Fsp3) is 0.0909. The van der Waals surface area contributed by atoms with Gasteiger partial charge in [0.05, 0.1) is 11.9 Å².